The Morgan fingerprint density at radius 1 is 1.05 bits per heavy atom. The zero-order valence-electron chi connectivity index (χ0n) is 14.4. The Morgan fingerprint density at radius 2 is 1.85 bits per heavy atom. The number of hydrogen-bond donors (Lipinski definition) is 0. The highest BCUT2D eigenvalue weighted by molar-refractivity contribution is 5.16. The molecule has 0 saturated carbocycles. The van der Waals surface area contributed by atoms with E-state index in [0.717, 1.165) is 0 Å². The Bertz CT molecular complexity index is 317. The van der Waals surface area contributed by atoms with Gasteiger partial charge in [0, 0.05) is 0 Å². The Kier molecular flexibility index (Phi) is 8.26. The quantitative estimate of drug-likeness (QED) is 0.367. The molecule has 0 saturated heterocycles. The van der Waals surface area contributed by atoms with Crippen molar-refractivity contribution in [3.63, 3.8) is 0 Å². The zero-order chi connectivity index (χ0) is 14.8. The van der Waals surface area contributed by atoms with Crippen molar-refractivity contribution in [2.75, 3.05) is 0 Å². The van der Waals surface area contributed by atoms with Crippen LogP contribution in [0.3, 0.4) is 0 Å². The third-order valence-corrected chi connectivity index (χ3v) is 4.79. The standard InChI is InChI=1S/C20H36/c1-5-6-7-8-14-19-15-10-12-17-20(3,4)16-11-9-13-18(19)2/h10,12H,5-9,11,13-17H2,1-4H3. The average molecular weight is 277 g/mol. The van der Waals surface area contributed by atoms with Gasteiger partial charge in [-0.25, -0.2) is 0 Å². The third-order valence-electron chi connectivity index (χ3n) is 4.79. The van der Waals surface area contributed by atoms with Gasteiger partial charge in [-0.05, 0) is 57.3 Å². The van der Waals surface area contributed by atoms with E-state index >= 15 is 0 Å². The Morgan fingerprint density at radius 3 is 2.60 bits per heavy atom. The number of allylic oxidation sites excluding steroid dienone is 4. The molecule has 0 aliphatic heterocycles. The number of hydrogen-bond acceptors (Lipinski definition) is 0. The van der Waals surface area contributed by atoms with E-state index < -0.39 is 0 Å². The Balaban J connectivity index is 2.57. The van der Waals surface area contributed by atoms with Gasteiger partial charge in [0.25, 0.3) is 0 Å². The van der Waals surface area contributed by atoms with E-state index in [1.54, 1.807) is 11.1 Å². The molecule has 0 atom stereocenters. The summed E-state index contributed by atoms with van der Waals surface area (Å²) in [5.74, 6) is 0. The molecule has 0 heterocycles. The van der Waals surface area contributed by atoms with Gasteiger partial charge in [0.15, 0.2) is 0 Å². The van der Waals surface area contributed by atoms with Gasteiger partial charge >= 0.3 is 0 Å². The fourth-order valence-corrected chi connectivity index (χ4v) is 3.16. The summed E-state index contributed by atoms with van der Waals surface area (Å²) in [4.78, 5) is 0. The van der Waals surface area contributed by atoms with Crippen molar-refractivity contribution in [3.05, 3.63) is 23.3 Å². The number of rotatable bonds is 5. The summed E-state index contributed by atoms with van der Waals surface area (Å²) in [6.45, 7) is 9.51. The molecule has 0 bridgehead atoms. The summed E-state index contributed by atoms with van der Waals surface area (Å²) in [5, 5.41) is 0. The maximum Gasteiger partial charge on any atom is -0.0136 e. The van der Waals surface area contributed by atoms with Gasteiger partial charge in [-0.1, -0.05) is 69.8 Å². The lowest BCUT2D eigenvalue weighted by atomic mass is 9.83. The van der Waals surface area contributed by atoms with Crippen molar-refractivity contribution >= 4 is 0 Å². The van der Waals surface area contributed by atoms with Crippen LogP contribution in [-0.2, 0) is 0 Å². The highest BCUT2D eigenvalue weighted by atomic mass is 14.2. The second-order valence-corrected chi connectivity index (χ2v) is 7.45. The van der Waals surface area contributed by atoms with E-state index in [9.17, 15) is 0 Å². The molecule has 0 aromatic heterocycles. The molecular weight excluding hydrogens is 240 g/mol. The van der Waals surface area contributed by atoms with Crippen LogP contribution in [0.15, 0.2) is 23.3 Å². The minimum atomic E-state index is 0.496. The van der Waals surface area contributed by atoms with E-state index in [0.29, 0.717) is 5.41 Å². The molecular formula is C20H36. The van der Waals surface area contributed by atoms with Crippen molar-refractivity contribution in [2.45, 2.75) is 98.3 Å². The molecule has 1 rings (SSSR count). The minimum Gasteiger partial charge on any atom is -0.0877 e. The van der Waals surface area contributed by atoms with Gasteiger partial charge in [0.2, 0.25) is 0 Å². The lowest BCUT2D eigenvalue weighted by Gasteiger charge is -2.22. The van der Waals surface area contributed by atoms with Crippen LogP contribution in [0.5, 0.6) is 0 Å². The Hall–Kier alpha value is -0.520. The summed E-state index contributed by atoms with van der Waals surface area (Å²) < 4.78 is 0. The largest absolute Gasteiger partial charge is 0.0877 e. The zero-order valence-corrected chi connectivity index (χ0v) is 14.4. The van der Waals surface area contributed by atoms with E-state index in [2.05, 4.69) is 39.8 Å². The van der Waals surface area contributed by atoms with Gasteiger partial charge in [-0.15, -0.1) is 0 Å². The topological polar surface area (TPSA) is 0 Å². The smallest absolute Gasteiger partial charge is 0.0136 e. The highest BCUT2D eigenvalue weighted by Crippen LogP contribution is 2.31. The van der Waals surface area contributed by atoms with Crippen molar-refractivity contribution in [1.82, 2.24) is 0 Å². The first kappa shape index (κ1) is 17.5. The molecule has 1 aliphatic carbocycles. The molecule has 0 radical (unpaired) electrons. The monoisotopic (exact) mass is 276 g/mol. The maximum atomic E-state index is 2.44. The van der Waals surface area contributed by atoms with E-state index in [4.69, 9.17) is 0 Å². The molecule has 0 nitrogen and oxygen atoms in total. The lowest BCUT2D eigenvalue weighted by Crippen LogP contribution is -2.09. The summed E-state index contributed by atoms with van der Waals surface area (Å²) in [6, 6.07) is 0. The highest BCUT2D eigenvalue weighted by Gasteiger charge is 2.16. The molecule has 0 N–H and O–H groups in total. The fraction of sp³-hybridized carbons (Fsp3) is 0.800. The van der Waals surface area contributed by atoms with E-state index in [1.807, 2.05) is 0 Å². The molecule has 0 amide bonds. The molecule has 0 spiro atoms. The molecule has 0 aromatic carbocycles. The van der Waals surface area contributed by atoms with Crippen LogP contribution in [0.1, 0.15) is 98.3 Å². The molecule has 0 heteroatoms. The second kappa shape index (κ2) is 9.42. The first-order chi connectivity index (χ1) is 9.55. The molecule has 0 unspecified atom stereocenters. The third kappa shape index (κ3) is 7.31. The van der Waals surface area contributed by atoms with Gasteiger partial charge in [-0.2, -0.15) is 0 Å². The van der Waals surface area contributed by atoms with Crippen molar-refractivity contribution in [2.24, 2.45) is 5.41 Å². The first-order valence-corrected chi connectivity index (χ1v) is 8.87. The normalized spacial score (nSPS) is 20.8. The maximum absolute atomic E-state index is 2.44. The van der Waals surface area contributed by atoms with Crippen LogP contribution >= 0.6 is 0 Å². The first-order valence-electron chi connectivity index (χ1n) is 8.87. The van der Waals surface area contributed by atoms with Gasteiger partial charge in [0.05, 0.1) is 0 Å². The predicted molar refractivity (Wildman–Crippen MR) is 92.1 cm³/mol. The van der Waals surface area contributed by atoms with Crippen LogP contribution in [-0.4, -0.2) is 0 Å². The molecule has 1 aliphatic rings. The van der Waals surface area contributed by atoms with Gasteiger partial charge in [0.1, 0.15) is 0 Å². The molecule has 0 fully saturated rings. The van der Waals surface area contributed by atoms with Crippen molar-refractivity contribution in [1.29, 1.82) is 0 Å². The predicted octanol–water partition coefficient (Wildman–Crippen LogP) is 7.21. The summed E-state index contributed by atoms with van der Waals surface area (Å²) in [5.41, 5.74) is 3.92. The van der Waals surface area contributed by atoms with Gasteiger partial charge < -0.3 is 0 Å². The van der Waals surface area contributed by atoms with Crippen LogP contribution in [0.2, 0.25) is 0 Å². The molecule has 0 aromatic rings. The minimum absolute atomic E-state index is 0.496. The van der Waals surface area contributed by atoms with Crippen molar-refractivity contribution in [3.8, 4) is 0 Å². The second-order valence-electron chi connectivity index (χ2n) is 7.45. The molecule has 116 valence electrons. The molecule has 20 heavy (non-hydrogen) atoms. The van der Waals surface area contributed by atoms with Crippen LogP contribution in [0.4, 0.5) is 0 Å². The van der Waals surface area contributed by atoms with Crippen LogP contribution in [0.25, 0.3) is 0 Å². The average Bonchev–Trinajstić information content (AvgIpc) is 2.43. The van der Waals surface area contributed by atoms with E-state index in [1.165, 1.54) is 70.6 Å². The van der Waals surface area contributed by atoms with Crippen molar-refractivity contribution < 1.29 is 0 Å². The van der Waals surface area contributed by atoms with Gasteiger partial charge in [-0.3, -0.25) is 0 Å². The van der Waals surface area contributed by atoms with E-state index in [-0.39, 0.29) is 0 Å². The fourth-order valence-electron chi connectivity index (χ4n) is 3.16. The SMILES string of the molecule is CCCCCCC1=C(C)CCCCC(C)(C)CC=CC1. The van der Waals surface area contributed by atoms with Crippen LogP contribution in [0, 0.1) is 5.41 Å². The summed E-state index contributed by atoms with van der Waals surface area (Å²) >= 11 is 0. The summed E-state index contributed by atoms with van der Waals surface area (Å²) in [6.07, 6.45) is 19.7. The lowest BCUT2D eigenvalue weighted by molar-refractivity contribution is 0.325. The van der Waals surface area contributed by atoms with Crippen LogP contribution < -0.4 is 0 Å². The Labute approximate surface area is 127 Å². The number of unbranched alkanes of at least 4 members (excludes halogenated alkanes) is 3. The summed E-state index contributed by atoms with van der Waals surface area (Å²) in [7, 11) is 0.